The quantitative estimate of drug-likeness (QED) is 0.770. The molecule has 1 aromatic carbocycles. The van der Waals surface area contributed by atoms with Crippen molar-refractivity contribution < 1.29 is 0 Å². The first-order valence-corrected chi connectivity index (χ1v) is 6.38. The van der Waals surface area contributed by atoms with Crippen LogP contribution in [0.5, 0.6) is 0 Å². The highest BCUT2D eigenvalue weighted by atomic mass is 16.2. The van der Waals surface area contributed by atoms with Crippen LogP contribution in [0.2, 0.25) is 0 Å². The van der Waals surface area contributed by atoms with Crippen LogP contribution >= 0.6 is 0 Å². The second-order valence-electron chi connectivity index (χ2n) is 4.36. The monoisotopic (exact) mass is 259 g/mol. The second-order valence-corrected chi connectivity index (χ2v) is 4.36. The molecule has 19 heavy (non-hydrogen) atoms. The number of aryl methyl sites for hydroxylation is 1. The largest absolute Gasteiger partial charge is 0.350 e. The highest BCUT2D eigenvalue weighted by molar-refractivity contribution is 5.60. The van der Waals surface area contributed by atoms with Crippen LogP contribution < -0.4 is 16.6 Å². The first-order valence-electron chi connectivity index (χ1n) is 6.38. The number of hydrogen-bond donors (Lipinski definition) is 3. The number of nitrogens with one attached hydrogen (secondary N) is 3. The Balaban J connectivity index is 2.37. The van der Waals surface area contributed by atoms with Crippen molar-refractivity contribution in [3.63, 3.8) is 0 Å². The van der Waals surface area contributed by atoms with Crippen molar-refractivity contribution >= 4 is 11.4 Å². The molecule has 0 unspecified atom stereocenters. The third-order valence-electron chi connectivity index (χ3n) is 2.84. The maximum Gasteiger partial charge on any atom is 0.326 e. The Bertz CT molecular complexity index is 644. The predicted octanol–water partition coefficient (Wildman–Crippen LogP) is 2.15. The van der Waals surface area contributed by atoms with E-state index in [-0.39, 0.29) is 0 Å². The first-order chi connectivity index (χ1) is 9.20. The zero-order valence-electron chi connectivity index (χ0n) is 10.8. The van der Waals surface area contributed by atoms with E-state index in [1.165, 1.54) is 0 Å². The molecule has 0 bridgehead atoms. The highest BCUT2D eigenvalue weighted by Crippen LogP contribution is 2.15. The van der Waals surface area contributed by atoms with Crippen molar-refractivity contribution in [2.45, 2.75) is 26.2 Å². The maximum absolute atomic E-state index is 11.9. The van der Waals surface area contributed by atoms with Crippen LogP contribution in [0.4, 0.5) is 11.4 Å². The predicted molar refractivity (Wildman–Crippen MR) is 76.0 cm³/mol. The molecule has 3 N–H and O–H groups in total. The normalized spacial score (nSPS) is 10.4. The van der Waals surface area contributed by atoms with Crippen molar-refractivity contribution in [3.05, 3.63) is 56.9 Å². The summed E-state index contributed by atoms with van der Waals surface area (Å²) >= 11 is 0. The van der Waals surface area contributed by atoms with Gasteiger partial charge in [0.25, 0.3) is 5.56 Å². The molecule has 0 fully saturated rings. The molecular weight excluding hydrogens is 242 g/mol. The lowest BCUT2D eigenvalue weighted by molar-refractivity contribution is 0.767. The molecule has 0 saturated carbocycles. The number of anilines is 2. The Morgan fingerprint density at radius 2 is 1.84 bits per heavy atom. The Hall–Kier alpha value is -2.30. The summed E-state index contributed by atoms with van der Waals surface area (Å²) in [5, 5.41) is 3.06. The van der Waals surface area contributed by atoms with Gasteiger partial charge in [-0.05, 0) is 25.0 Å². The van der Waals surface area contributed by atoms with E-state index in [1.807, 2.05) is 30.3 Å². The highest BCUT2D eigenvalue weighted by Gasteiger charge is 2.09. The third-order valence-corrected chi connectivity index (χ3v) is 2.84. The van der Waals surface area contributed by atoms with Crippen LogP contribution in [-0.4, -0.2) is 9.97 Å². The van der Waals surface area contributed by atoms with Crippen LogP contribution in [-0.2, 0) is 6.42 Å². The fourth-order valence-corrected chi connectivity index (χ4v) is 1.87. The Morgan fingerprint density at radius 1 is 1.11 bits per heavy atom. The molecule has 0 amide bonds. The number of rotatable bonds is 5. The van der Waals surface area contributed by atoms with Gasteiger partial charge in [-0.3, -0.25) is 9.78 Å². The first kappa shape index (κ1) is 13.1. The van der Waals surface area contributed by atoms with Crippen molar-refractivity contribution in [2.75, 3.05) is 5.32 Å². The summed E-state index contributed by atoms with van der Waals surface area (Å²) in [5.41, 5.74) is 1.03. The molecular formula is C14H17N3O2. The van der Waals surface area contributed by atoms with E-state index in [9.17, 15) is 9.59 Å². The molecule has 100 valence electrons. The molecule has 0 saturated heterocycles. The summed E-state index contributed by atoms with van der Waals surface area (Å²) in [4.78, 5) is 28.2. The van der Waals surface area contributed by atoms with Gasteiger partial charge in [-0.25, -0.2) is 4.79 Å². The molecule has 2 aromatic rings. The van der Waals surface area contributed by atoms with Gasteiger partial charge < -0.3 is 10.3 Å². The van der Waals surface area contributed by atoms with E-state index in [0.29, 0.717) is 17.8 Å². The van der Waals surface area contributed by atoms with E-state index in [2.05, 4.69) is 22.2 Å². The topological polar surface area (TPSA) is 77.8 Å². The van der Waals surface area contributed by atoms with E-state index in [4.69, 9.17) is 0 Å². The summed E-state index contributed by atoms with van der Waals surface area (Å²) in [6, 6.07) is 9.41. The minimum Gasteiger partial charge on any atom is -0.350 e. The summed E-state index contributed by atoms with van der Waals surface area (Å²) in [5.74, 6) is 0. The van der Waals surface area contributed by atoms with Gasteiger partial charge in [-0.2, -0.15) is 0 Å². The standard InChI is InChI=1S/C14H17N3O2/c1-2-3-9-11-12(13(18)17-14(19)16-11)15-10-7-5-4-6-8-10/h4-8,15H,2-3,9H2,1H3,(H2,16,17,18,19). The third kappa shape index (κ3) is 3.34. The zero-order chi connectivity index (χ0) is 13.7. The van der Waals surface area contributed by atoms with Gasteiger partial charge in [-0.15, -0.1) is 0 Å². The minimum atomic E-state index is -0.463. The van der Waals surface area contributed by atoms with Gasteiger partial charge in [0.05, 0.1) is 0 Å². The number of hydrogen-bond acceptors (Lipinski definition) is 3. The van der Waals surface area contributed by atoms with Crippen molar-refractivity contribution in [1.82, 2.24) is 9.97 Å². The van der Waals surface area contributed by atoms with Gasteiger partial charge in [-0.1, -0.05) is 31.5 Å². The number of para-hydroxylation sites is 1. The van der Waals surface area contributed by atoms with Gasteiger partial charge in [0.1, 0.15) is 5.69 Å². The van der Waals surface area contributed by atoms with Gasteiger partial charge >= 0.3 is 5.69 Å². The summed E-state index contributed by atoms with van der Waals surface area (Å²) in [6.45, 7) is 2.07. The molecule has 2 rings (SSSR count). The fourth-order valence-electron chi connectivity index (χ4n) is 1.87. The number of aromatic nitrogens is 2. The van der Waals surface area contributed by atoms with Crippen LogP contribution in [0.25, 0.3) is 0 Å². The lowest BCUT2D eigenvalue weighted by atomic mass is 10.1. The fraction of sp³-hybridized carbons (Fsp3) is 0.286. The smallest absolute Gasteiger partial charge is 0.326 e. The second kappa shape index (κ2) is 6.04. The van der Waals surface area contributed by atoms with E-state index in [1.54, 1.807) is 0 Å². The Labute approximate surface area is 110 Å². The molecule has 0 spiro atoms. The lowest BCUT2D eigenvalue weighted by Crippen LogP contribution is -2.26. The van der Waals surface area contributed by atoms with Crippen LogP contribution in [0, 0.1) is 0 Å². The lowest BCUT2D eigenvalue weighted by Gasteiger charge is -2.10. The van der Waals surface area contributed by atoms with E-state index in [0.717, 1.165) is 18.5 Å². The molecule has 5 nitrogen and oxygen atoms in total. The average molecular weight is 259 g/mol. The van der Waals surface area contributed by atoms with Crippen molar-refractivity contribution in [3.8, 4) is 0 Å². The van der Waals surface area contributed by atoms with Crippen LogP contribution in [0.3, 0.4) is 0 Å². The summed E-state index contributed by atoms with van der Waals surface area (Å²) in [6.07, 6.45) is 2.59. The molecule has 1 heterocycles. The van der Waals surface area contributed by atoms with E-state index >= 15 is 0 Å². The molecule has 0 aliphatic heterocycles. The number of aromatic amines is 2. The van der Waals surface area contributed by atoms with Gasteiger partial charge in [0, 0.05) is 11.4 Å². The van der Waals surface area contributed by atoms with Crippen LogP contribution in [0.1, 0.15) is 25.5 Å². The Morgan fingerprint density at radius 3 is 2.53 bits per heavy atom. The molecule has 0 atom stereocenters. The molecule has 0 aliphatic carbocycles. The maximum atomic E-state index is 11.9. The molecule has 1 aromatic heterocycles. The minimum absolute atomic E-state index is 0.390. The molecule has 5 heteroatoms. The number of benzene rings is 1. The van der Waals surface area contributed by atoms with E-state index < -0.39 is 11.2 Å². The van der Waals surface area contributed by atoms with Crippen molar-refractivity contribution in [2.24, 2.45) is 0 Å². The Kier molecular flexibility index (Phi) is 4.18. The number of H-pyrrole nitrogens is 2. The van der Waals surface area contributed by atoms with Crippen LogP contribution in [0.15, 0.2) is 39.9 Å². The zero-order valence-corrected chi connectivity index (χ0v) is 10.8. The molecule has 0 radical (unpaired) electrons. The van der Waals surface area contributed by atoms with Crippen molar-refractivity contribution in [1.29, 1.82) is 0 Å². The SMILES string of the molecule is CCCCc1[nH]c(=O)[nH]c(=O)c1Nc1ccccc1. The number of unbranched alkanes of at least 4 members (excludes halogenated alkanes) is 1. The summed E-state index contributed by atoms with van der Waals surface area (Å²) in [7, 11) is 0. The van der Waals surface area contributed by atoms with Gasteiger partial charge in [0.15, 0.2) is 0 Å². The average Bonchev–Trinajstić information content (AvgIpc) is 2.41. The molecule has 0 aliphatic rings. The summed E-state index contributed by atoms with van der Waals surface area (Å²) < 4.78 is 0. The van der Waals surface area contributed by atoms with Gasteiger partial charge in [0.2, 0.25) is 0 Å².